The molecule has 0 aliphatic rings. The molecule has 0 saturated carbocycles. The van der Waals surface area contributed by atoms with Crippen molar-refractivity contribution < 1.29 is 13.9 Å². The number of furan rings is 1. The lowest BCUT2D eigenvalue weighted by Crippen LogP contribution is -2.17. The van der Waals surface area contributed by atoms with Crippen LogP contribution in [-0.2, 0) is 11.3 Å². The third-order valence-corrected chi connectivity index (χ3v) is 5.81. The molecule has 1 aromatic carbocycles. The largest absolute Gasteiger partial charge is 0.496 e. The summed E-state index contributed by atoms with van der Waals surface area (Å²) >= 11 is 1.56. The van der Waals surface area contributed by atoms with Crippen LogP contribution >= 0.6 is 11.8 Å². The number of carbonyl (C=O) groups excluding carboxylic acids is 1. The maximum absolute atomic E-state index is 12.6. The second kappa shape index (κ2) is 9.39. The molecule has 2 heterocycles. The van der Waals surface area contributed by atoms with Crippen LogP contribution in [0.5, 0.6) is 5.75 Å². The van der Waals surface area contributed by atoms with E-state index in [2.05, 4.69) is 11.4 Å². The number of hydrogen-bond donors (Lipinski definition) is 1. The number of nitrogens with zero attached hydrogens (tertiary/aromatic N) is 2. The molecule has 150 valence electrons. The predicted octanol–water partition coefficient (Wildman–Crippen LogP) is 4.75. The fraction of sp³-hybridized carbons (Fsp3) is 0.273. The summed E-state index contributed by atoms with van der Waals surface area (Å²) in [5.74, 6) is 2.54. The van der Waals surface area contributed by atoms with Gasteiger partial charge in [-0.3, -0.25) is 4.79 Å². The van der Waals surface area contributed by atoms with Crippen molar-refractivity contribution in [3.8, 4) is 11.8 Å². The Morgan fingerprint density at radius 3 is 2.76 bits per heavy atom. The van der Waals surface area contributed by atoms with Crippen LogP contribution in [0.2, 0.25) is 0 Å². The molecule has 0 atom stereocenters. The Morgan fingerprint density at radius 1 is 1.28 bits per heavy atom. The lowest BCUT2D eigenvalue weighted by molar-refractivity contribution is -0.115. The number of anilines is 1. The maximum atomic E-state index is 12.6. The molecule has 0 bridgehead atoms. The summed E-state index contributed by atoms with van der Waals surface area (Å²) in [7, 11) is 1.63. The SMILES string of the molecule is COc1ccccc1SCCC(=O)Nc1c(C#N)c(C)c(C)n1Cc1ccco1. The van der Waals surface area contributed by atoms with E-state index in [0.29, 0.717) is 30.1 Å². The Balaban J connectivity index is 1.71. The van der Waals surface area contributed by atoms with Crippen LogP contribution in [-0.4, -0.2) is 23.3 Å². The van der Waals surface area contributed by atoms with E-state index in [0.717, 1.165) is 27.7 Å². The van der Waals surface area contributed by atoms with E-state index in [-0.39, 0.29) is 5.91 Å². The minimum absolute atomic E-state index is 0.137. The first-order chi connectivity index (χ1) is 14.0. The summed E-state index contributed by atoms with van der Waals surface area (Å²) in [6, 6.07) is 13.6. The molecule has 1 amide bonds. The summed E-state index contributed by atoms with van der Waals surface area (Å²) in [6.45, 7) is 4.28. The van der Waals surface area contributed by atoms with Crippen molar-refractivity contribution in [2.24, 2.45) is 0 Å². The van der Waals surface area contributed by atoms with Crippen molar-refractivity contribution in [2.75, 3.05) is 18.2 Å². The van der Waals surface area contributed by atoms with Crippen LogP contribution in [0.15, 0.2) is 52.0 Å². The molecule has 0 spiro atoms. The Bertz CT molecular complexity index is 1030. The summed E-state index contributed by atoms with van der Waals surface area (Å²) in [5.41, 5.74) is 2.27. The zero-order valence-electron chi connectivity index (χ0n) is 16.7. The third-order valence-electron chi connectivity index (χ3n) is 4.75. The maximum Gasteiger partial charge on any atom is 0.226 e. The smallest absolute Gasteiger partial charge is 0.226 e. The highest BCUT2D eigenvalue weighted by Crippen LogP contribution is 2.30. The van der Waals surface area contributed by atoms with E-state index in [4.69, 9.17) is 9.15 Å². The first-order valence-electron chi connectivity index (χ1n) is 9.23. The number of benzene rings is 1. The van der Waals surface area contributed by atoms with E-state index in [1.165, 1.54) is 0 Å². The van der Waals surface area contributed by atoms with Gasteiger partial charge in [0, 0.05) is 22.8 Å². The van der Waals surface area contributed by atoms with E-state index in [1.54, 1.807) is 25.1 Å². The van der Waals surface area contributed by atoms with Crippen LogP contribution in [0.4, 0.5) is 5.82 Å². The Morgan fingerprint density at radius 2 is 2.07 bits per heavy atom. The summed E-state index contributed by atoms with van der Waals surface area (Å²) in [5, 5.41) is 12.5. The lowest BCUT2D eigenvalue weighted by atomic mass is 10.2. The van der Waals surface area contributed by atoms with Crippen LogP contribution in [0.3, 0.4) is 0 Å². The van der Waals surface area contributed by atoms with Crippen molar-refractivity contribution >= 4 is 23.5 Å². The topological polar surface area (TPSA) is 80.2 Å². The average molecular weight is 410 g/mol. The van der Waals surface area contributed by atoms with E-state index in [1.807, 2.05) is 54.8 Å². The molecule has 1 N–H and O–H groups in total. The van der Waals surface area contributed by atoms with Gasteiger partial charge in [-0.25, -0.2) is 0 Å². The van der Waals surface area contributed by atoms with Crippen LogP contribution < -0.4 is 10.1 Å². The molecular weight excluding hydrogens is 386 g/mol. The van der Waals surface area contributed by atoms with Crippen molar-refractivity contribution in [2.45, 2.75) is 31.7 Å². The second-order valence-corrected chi connectivity index (χ2v) is 7.65. The van der Waals surface area contributed by atoms with Gasteiger partial charge in [-0.15, -0.1) is 11.8 Å². The molecule has 6 nitrogen and oxygen atoms in total. The number of thioether (sulfide) groups is 1. The number of rotatable bonds is 8. The van der Waals surface area contributed by atoms with Gasteiger partial charge in [0.15, 0.2) is 0 Å². The quantitative estimate of drug-likeness (QED) is 0.543. The molecule has 29 heavy (non-hydrogen) atoms. The Kier molecular flexibility index (Phi) is 6.68. The fourth-order valence-corrected chi connectivity index (χ4v) is 4.05. The molecule has 0 aliphatic heterocycles. The van der Waals surface area contributed by atoms with Crippen LogP contribution in [0.1, 0.15) is 29.0 Å². The number of methoxy groups -OCH3 is 1. The van der Waals surface area contributed by atoms with Gasteiger partial charge in [0.1, 0.15) is 23.4 Å². The molecule has 3 aromatic rings. The van der Waals surface area contributed by atoms with Gasteiger partial charge >= 0.3 is 0 Å². The van der Waals surface area contributed by atoms with E-state index in [9.17, 15) is 10.1 Å². The molecule has 0 fully saturated rings. The molecule has 3 rings (SSSR count). The molecular formula is C22H23N3O3S. The number of nitrogens with one attached hydrogen (secondary N) is 1. The molecule has 0 radical (unpaired) electrons. The summed E-state index contributed by atoms with van der Waals surface area (Å²) in [4.78, 5) is 13.6. The molecule has 2 aromatic heterocycles. The van der Waals surface area contributed by atoms with Crippen molar-refractivity contribution in [3.63, 3.8) is 0 Å². The van der Waals surface area contributed by atoms with Gasteiger partial charge in [0.05, 0.1) is 25.5 Å². The van der Waals surface area contributed by atoms with Crippen molar-refractivity contribution in [1.29, 1.82) is 5.26 Å². The van der Waals surface area contributed by atoms with Gasteiger partial charge in [-0.1, -0.05) is 12.1 Å². The average Bonchev–Trinajstić information content (AvgIpc) is 3.31. The normalized spacial score (nSPS) is 10.6. The Labute approximate surface area is 174 Å². The van der Waals surface area contributed by atoms with Gasteiger partial charge in [-0.05, 0) is 43.7 Å². The standard InChI is InChI=1S/C22H23N3O3S/c1-15-16(2)25(14-17-7-6-11-28-17)22(18(15)13-23)24-21(26)10-12-29-20-9-5-4-8-19(20)27-3/h4-9,11H,10,12,14H2,1-3H3,(H,24,26). The number of para-hydroxylation sites is 1. The van der Waals surface area contributed by atoms with Gasteiger partial charge in [-0.2, -0.15) is 5.26 Å². The van der Waals surface area contributed by atoms with Gasteiger partial charge < -0.3 is 19.0 Å². The molecule has 7 heteroatoms. The third kappa shape index (κ3) is 4.66. The first kappa shape index (κ1) is 20.6. The lowest BCUT2D eigenvalue weighted by Gasteiger charge is -2.12. The second-order valence-electron chi connectivity index (χ2n) is 6.51. The minimum Gasteiger partial charge on any atom is -0.496 e. The highest BCUT2D eigenvalue weighted by atomic mass is 32.2. The van der Waals surface area contributed by atoms with Gasteiger partial charge in [0.25, 0.3) is 0 Å². The summed E-state index contributed by atoms with van der Waals surface area (Å²) < 4.78 is 12.7. The number of ether oxygens (including phenoxy) is 1. The van der Waals surface area contributed by atoms with Crippen LogP contribution in [0.25, 0.3) is 0 Å². The number of aromatic nitrogens is 1. The number of amides is 1. The first-order valence-corrected chi connectivity index (χ1v) is 10.2. The number of nitriles is 1. The zero-order chi connectivity index (χ0) is 20.8. The molecule has 0 aliphatic carbocycles. The van der Waals surface area contributed by atoms with Crippen molar-refractivity contribution in [3.05, 3.63) is 65.2 Å². The predicted molar refractivity (Wildman–Crippen MR) is 113 cm³/mol. The van der Waals surface area contributed by atoms with E-state index < -0.39 is 0 Å². The van der Waals surface area contributed by atoms with E-state index >= 15 is 0 Å². The highest BCUT2D eigenvalue weighted by molar-refractivity contribution is 7.99. The zero-order valence-corrected chi connectivity index (χ0v) is 17.5. The van der Waals surface area contributed by atoms with Crippen LogP contribution in [0, 0.1) is 25.2 Å². The molecule has 0 saturated heterocycles. The fourth-order valence-electron chi connectivity index (χ4n) is 3.07. The summed E-state index contributed by atoms with van der Waals surface area (Å²) in [6.07, 6.45) is 1.93. The van der Waals surface area contributed by atoms with Crippen molar-refractivity contribution in [1.82, 2.24) is 4.57 Å². The minimum atomic E-state index is -0.137. The number of carbonyl (C=O) groups is 1. The monoisotopic (exact) mass is 409 g/mol. The molecule has 0 unspecified atom stereocenters. The van der Waals surface area contributed by atoms with Gasteiger partial charge in [0.2, 0.25) is 5.91 Å². The highest BCUT2D eigenvalue weighted by Gasteiger charge is 2.20. The number of hydrogen-bond acceptors (Lipinski definition) is 5. The Hall–Kier alpha value is -3.11.